The van der Waals surface area contributed by atoms with E-state index >= 15 is 0 Å². The Morgan fingerprint density at radius 3 is 2.68 bits per heavy atom. The van der Waals surface area contributed by atoms with Crippen molar-refractivity contribution in [2.75, 3.05) is 6.61 Å². The monoisotopic (exact) mass is 281 g/mol. The molecule has 1 fully saturated rings. The highest BCUT2D eigenvalue weighted by Crippen LogP contribution is 2.26. The van der Waals surface area contributed by atoms with Crippen molar-refractivity contribution < 1.29 is 9.90 Å². The smallest absolute Gasteiger partial charge is 0.242 e. The molecule has 3 unspecified atom stereocenters. The second-order valence-corrected chi connectivity index (χ2v) is 5.55. The average molecular weight is 282 g/mol. The molecule has 104 valence electrons. The van der Waals surface area contributed by atoms with Gasteiger partial charge in [0.2, 0.25) is 5.91 Å². The third kappa shape index (κ3) is 3.71. The lowest BCUT2D eigenvalue weighted by atomic mass is 9.85. The van der Waals surface area contributed by atoms with Gasteiger partial charge in [-0.2, -0.15) is 0 Å². The van der Waals surface area contributed by atoms with Crippen LogP contribution < -0.4 is 5.32 Å². The van der Waals surface area contributed by atoms with Gasteiger partial charge in [-0.1, -0.05) is 43.2 Å². The van der Waals surface area contributed by atoms with Gasteiger partial charge in [-0.25, -0.2) is 0 Å². The predicted octanol–water partition coefficient (Wildman–Crippen LogP) is 2.63. The van der Waals surface area contributed by atoms with E-state index in [0.29, 0.717) is 0 Å². The van der Waals surface area contributed by atoms with Crippen LogP contribution >= 0.6 is 11.6 Å². The van der Waals surface area contributed by atoms with Gasteiger partial charge in [0.05, 0.1) is 0 Å². The zero-order chi connectivity index (χ0) is 13.7. The van der Waals surface area contributed by atoms with E-state index in [4.69, 9.17) is 11.6 Å². The van der Waals surface area contributed by atoms with E-state index in [1.807, 2.05) is 30.3 Å². The quantitative estimate of drug-likeness (QED) is 0.834. The van der Waals surface area contributed by atoms with Crippen molar-refractivity contribution in [2.45, 2.75) is 37.1 Å². The zero-order valence-electron chi connectivity index (χ0n) is 10.9. The Morgan fingerprint density at radius 2 is 2.00 bits per heavy atom. The van der Waals surface area contributed by atoms with E-state index in [0.717, 1.165) is 31.2 Å². The van der Waals surface area contributed by atoms with Crippen LogP contribution in [-0.2, 0) is 4.79 Å². The summed E-state index contributed by atoms with van der Waals surface area (Å²) in [5.41, 5.74) is 0.804. The summed E-state index contributed by atoms with van der Waals surface area (Å²) in [5.74, 6) is -0.00411. The first-order valence-electron chi connectivity index (χ1n) is 6.82. The first kappa shape index (κ1) is 14.4. The number of amides is 1. The number of carbonyl (C=O) groups is 1. The summed E-state index contributed by atoms with van der Waals surface area (Å²) >= 11 is 6.19. The Labute approximate surface area is 119 Å². The number of alkyl halides is 1. The fraction of sp³-hybridized carbons (Fsp3) is 0.533. The zero-order valence-corrected chi connectivity index (χ0v) is 11.6. The van der Waals surface area contributed by atoms with Crippen LogP contribution in [0.5, 0.6) is 0 Å². The molecule has 0 aromatic heterocycles. The maximum Gasteiger partial charge on any atom is 0.242 e. The third-order valence-electron chi connectivity index (χ3n) is 3.79. The Morgan fingerprint density at radius 1 is 1.32 bits per heavy atom. The standard InChI is InChI=1S/C15H20ClNO2/c16-14(11-6-2-1-3-7-11)15(19)17-13-9-5-4-8-12(13)10-18/h1-3,6-7,12-14,18H,4-5,8-10H2,(H,17,19). The first-order chi connectivity index (χ1) is 9.22. The highest BCUT2D eigenvalue weighted by molar-refractivity contribution is 6.30. The molecule has 1 aromatic rings. The molecule has 1 amide bonds. The molecule has 0 radical (unpaired) electrons. The predicted molar refractivity (Wildman–Crippen MR) is 76.0 cm³/mol. The van der Waals surface area contributed by atoms with Crippen LogP contribution in [-0.4, -0.2) is 23.7 Å². The number of hydrogen-bond donors (Lipinski definition) is 2. The lowest BCUT2D eigenvalue weighted by Crippen LogP contribution is -2.44. The van der Waals surface area contributed by atoms with E-state index in [2.05, 4.69) is 5.32 Å². The van der Waals surface area contributed by atoms with Crippen LogP contribution in [0.1, 0.15) is 36.6 Å². The van der Waals surface area contributed by atoms with Gasteiger partial charge in [-0.05, 0) is 18.4 Å². The summed E-state index contributed by atoms with van der Waals surface area (Å²) in [6, 6.07) is 9.39. The van der Waals surface area contributed by atoms with Gasteiger partial charge < -0.3 is 10.4 Å². The van der Waals surface area contributed by atoms with Gasteiger partial charge in [-0.3, -0.25) is 4.79 Å². The summed E-state index contributed by atoms with van der Waals surface area (Å²) < 4.78 is 0. The molecule has 0 saturated heterocycles. The van der Waals surface area contributed by atoms with Crippen LogP contribution in [0.3, 0.4) is 0 Å². The van der Waals surface area contributed by atoms with Crippen LogP contribution in [0.2, 0.25) is 0 Å². The van der Waals surface area contributed by atoms with Gasteiger partial charge in [0.25, 0.3) is 0 Å². The number of aliphatic hydroxyl groups is 1. The number of halogens is 1. The number of carbonyl (C=O) groups excluding carboxylic acids is 1. The number of rotatable bonds is 4. The molecule has 1 saturated carbocycles. The molecule has 0 bridgehead atoms. The average Bonchev–Trinajstić information content (AvgIpc) is 2.48. The molecule has 4 heteroatoms. The molecule has 2 N–H and O–H groups in total. The number of nitrogens with one attached hydrogen (secondary N) is 1. The van der Waals surface area contributed by atoms with Crippen LogP contribution in [0.25, 0.3) is 0 Å². The molecule has 2 rings (SSSR count). The van der Waals surface area contributed by atoms with Crippen LogP contribution in [0.4, 0.5) is 0 Å². The molecule has 0 aliphatic heterocycles. The van der Waals surface area contributed by atoms with E-state index in [-0.39, 0.29) is 24.5 Å². The second kappa shape index (κ2) is 6.92. The fourth-order valence-electron chi connectivity index (χ4n) is 2.65. The number of benzene rings is 1. The Kier molecular flexibility index (Phi) is 5.23. The third-order valence-corrected chi connectivity index (χ3v) is 4.24. The van der Waals surface area contributed by atoms with E-state index in [1.54, 1.807) is 0 Å². The molecule has 3 atom stereocenters. The van der Waals surface area contributed by atoms with Gasteiger partial charge in [-0.15, -0.1) is 11.6 Å². The Hall–Kier alpha value is -1.06. The summed E-state index contributed by atoms with van der Waals surface area (Å²) in [6.07, 6.45) is 4.12. The van der Waals surface area contributed by atoms with Crippen LogP contribution in [0, 0.1) is 5.92 Å². The highest BCUT2D eigenvalue weighted by Gasteiger charge is 2.28. The van der Waals surface area contributed by atoms with Crippen molar-refractivity contribution in [3.8, 4) is 0 Å². The molecule has 0 heterocycles. The molecule has 19 heavy (non-hydrogen) atoms. The largest absolute Gasteiger partial charge is 0.396 e. The van der Waals surface area contributed by atoms with Crippen molar-refractivity contribution in [3.63, 3.8) is 0 Å². The van der Waals surface area contributed by atoms with Crippen molar-refractivity contribution >= 4 is 17.5 Å². The van der Waals surface area contributed by atoms with Crippen LogP contribution in [0.15, 0.2) is 30.3 Å². The molecule has 3 nitrogen and oxygen atoms in total. The van der Waals surface area contributed by atoms with E-state index in [1.165, 1.54) is 0 Å². The van der Waals surface area contributed by atoms with Crippen molar-refractivity contribution in [2.24, 2.45) is 5.92 Å². The van der Waals surface area contributed by atoms with Crippen molar-refractivity contribution in [1.29, 1.82) is 0 Å². The minimum atomic E-state index is -0.664. The summed E-state index contributed by atoms with van der Waals surface area (Å²) in [6.45, 7) is 0.128. The lowest BCUT2D eigenvalue weighted by molar-refractivity contribution is -0.122. The maximum atomic E-state index is 12.1. The molecule has 0 spiro atoms. The minimum absolute atomic E-state index is 0.0520. The molecular formula is C15H20ClNO2. The maximum absolute atomic E-state index is 12.1. The summed E-state index contributed by atoms with van der Waals surface area (Å²) in [4.78, 5) is 12.1. The van der Waals surface area contributed by atoms with Gasteiger partial charge in [0, 0.05) is 18.6 Å². The second-order valence-electron chi connectivity index (χ2n) is 5.12. The molecule has 1 aliphatic rings. The normalized spacial score (nSPS) is 24.7. The lowest BCUT2D eigenvalue weighted by Gasteiger charge is -2.31. The Bertz CT molecular complexity index is 410. The topological polar surface area (TPSA) is 49.3 Å². The van der Waals surface area contributed by atoms with Gasteiger partial charge >= 0.3 is 0 Å². The van der Waals surface area contributed by atoms with E-state index in [9.17, 15) is 9.90 Å². The SMILES string of the molecule is O=C(NC1CCCCC1CO)C(Cl)c1ccccc1. The summed E-state index contributed by atoms with van der Waals surface area (Å²) in [7, 11) is 0. The van der Waals surface area contributed by atoms with Gasteiger partial charge in [0.15, 0.2) is 0 Å². The Balaban J connectivity index is 1.96. The highest BCUT2D eigenvalue weighted by atomic mass is 35.5. The fourth-order valence-corrected chi connectivity index (χ4v) is 2.85. The van der Waals surface area contributed by atoms with Crippen molar-refractivity contribution in [1.82, 2.24) is 5.32 Å². The molecule has 1 aliphatic carbocycles. The van der Waals surface area contributed by atoms with Crippen molar-refractivity contribution in [3.05, 3.63) is 35.9 Å². The molecular weight excluding hydrogens is 262 g/mol. The number of hydrogen-bond acceptors (Lipinski definition) is 2. The molecule has 1 aromatic carbocycles. The first-order valence-corrected chi connectivity index (χ1v) is 7.26. The number of aliphatic hydroxyl groups excluding tert-OH is 1. The summed E-state index contributed by atoms with van der Waals surface area (Å²) in [5, 5.41) is 11.7. The minimum Gasteiger partial charge on any atom is -0.396 e. The van der Waals surface area contributed by atoms with E-state index < -0.39 is 5.38 Å². The van der Waals surface area contributed by atoms with Gasteiger partial charge in [0.1, 0.15) is 5.38 Å².